The second-order valence-electron chi connectivity index (χ2n) is 7.74. The summed E-state index contributed by atoms with van der Waals surface area (Å²) in [5.74, 6) is -0.163. The van der Waals surface area contributed by atoms with Crippen LogP contribution in [0.1, 0.15) is 40.0 Å². The van der Waals surface area contributed by atoms with Crippen LogP contribution in [-0.2, 0) is 16.5 Å². The number of piperidine rings is 1. The molecule has 8 nitrogen and oxygen atoms in total. The van der Waals surface area contributed by atoms with Gasteiger partial charge in [0.25, 0.3) is 5.91 Å². The average molecular weight is 448 g/mol. The highest BCUT2D eigenvalue weighted by atomic mass is 19.4. The number of aliphatic hydroxyl groups is 1. The monoisotopic (exact) mass is 448 g/mol. The number of hydrogen-bond donors (Lipinski definition) is 1. The molecule has 4 rings (SSSR count). The van der Waals surface area contributed by atoms with E-state index < -0.39 is 29.1 Å². The summed E-state index contributed by atoms with van der Waals surface area (Å²) in [5, 5.41) is 19.2. The minimum absolute atomic E-state index is 0.163. The van der Waals surface area contributed by atoms with E-state index in [9.17, 15) is 23.1 Å². The molecule has 1 N–H and O–H groups in total. The number of nitrogens with zero attached hydrogens (tertiary/aromatic N) is 4. The topological polar surface area (TPSA) is 109 Å². The molecule has 0 saturated carbocycles. The standard InChI is InChI=1S/C21H19F3N4O4/c22-21(23,24)16-10-26-19(27-17(16)9-25)32-15-5-7-28(8-6-15)18(29)13-1-3-14(4-2-13)20(30)11-31-12-20/h1-4,10,15,30H,5-8,11-12H2. The molecule has 3 heterocycles. The van der Waals surface area contributed by atoms with Crippen molar-refractivity contribution in [1.82, 2.24) is 14.9 Å². The Labute approximate surface area is 181 Å². The van der Waals surface area contributed by atoms with Crippen LogP contribution in [0.5, 0.6) is 6.01 Å². The molecule has 0 radical (unpaired) electrons. The van der Waals surface area contributed by atoms with Crippen molar-refractivity contribution in [2.24, 2.45) is 0 Å². The van der Waals surface area contributed by atoms with Crippen LogP contribution in [0.25, 0.3) is 0 Å². The number of ether oxygens (including phenoxy) is 2. The highest BCUT2D eigenvalue weighted by molar-refractivity contribution is 5.94. The lowest BCUT2D eigenvalue weighted by molar-refractivity contribution is -0.184. The quantitative estimate of drug-likeness (QED) is 0.764. The molecule has 0 aliphatic carbocycles. The number of aromatic nitrogens is 2. The van der Waals surface area contributed by atoms with E-state index in [0.717, 1.165) is 0 Å². The summed E-state index contributed by atoms with van der Waals surface area (Å²) in [6.07, 6.45) is -3.70. The number of carbonyl (C=O) groups excluding carboxylic acids is 1. The molecular weight excluding hydrogens is 429 g/mol. The van der Waals surface area contributed by atoms with Gasteiger partial charge in [-0.1, -0.05) is 12.1 Å². The SMILES string of the molecule is N#Cc1nc(OC2CCN(C(=O)c3ccc(C4(O)COC4)cc3)CC2)ncc1C(F)(F)F. The first-order chi connectivity index (χ1) is 15.2. The molecule has 2 saturated heterocycles. The zero-order chi connectivity index (χ0) is 22.9. The van der Waals surface area contributed by atoms with Gasteiger partial charge in [-0.25, -0.2) is 4.98 Å². The van der Waals surface area contributed by atoms with Gasteiger partial charge < -0.3 is 19.5 Å². The predicted octanol–water partition coefficient (Wildman–Crippen LogP) is 2.27. The molecule has 1 aromatic carbocycles. The molecule has 11 heteroatoms. The molecule has 168 valence electrons. The molecule has 2 fully saturated rings. The highest BCUT2D eigenvalue weighted by Crippen LogP contribution is 2.32. The van der Waals surface area contributed by atoms with Gasteiger partial charge in [-0.05, 0) is 17.7 Å². The van der Waals surface area contributed by atoms with Gasteiger partial charge in [0, 0.05) is 37.7 Å². The summed E-state index contributed by atoms with van der Waals surface area (Å²) in [7, 11) is 0. The van der Waals surface area contributed by atoms with Crippen LogP contribution >= 0.6 is 0 Å². The second kappa shape index (κ2) is 8.37. The molecule has 32 heavy (non-hydrogen) atoms. The van der Waals surface area contributed by atoms with Crippen molar-refractivity contribution in [2.45, 2.75) is 30.7 Å². The summed E-state index contributed by atoms with van der Waals surface area (Å²) in [6.45, 7) is 1.22. The summed E-state index contributed by atoms with van der Waals surface area (Å²) in [5.41, 5.74) is -1.82. The van der Waals surface area contributed by atoms with E-state index in [1.54, 1.807) is 29.2 Å². The first-order valence-corrected chi connectivity index (χ1v) is 9.90. The second-order valence-corrected chi connectivity index (χ2v) is 7.74. The van der Waals surface area contributed by atoms with E-state index in [0.29, 0.717) is 43.3 Å². The maximum atomic E-state index is 12.9. The molecule has 1 aromatic heterocycles. The Morgan fingerprint density at radius 2 is 1.91 bits per heavy atom. The van der Waals surface area contributed by atoms with Crippen molar-refractivity contribution in [3.05, 3.63) is 52.8 Å². The number of benzene rings is 1. The maximum Gasteiger partial charge on any atom is 0.420 e. The van der Waals surface area contributed by atoms with Crippen molar-refractivity contribution in [3.8, 4) is 12.1 Å². The molecular formula is C21H19F3N4O4. The van der Waals surface area contributed by atoms with Gasteiger partial charge >= 0.3 is 12.2 Å². The average Bonchev–Trinajstić information content (AvgIpc) is 2.77. The van der Waals surface area contributed by atoms with Crippen LogP contribution in [0.3, 0.4) is 0 Å². The predicted molar refractivity (Wildman–Crippen MR) is 102 cm³/mol. The molecule has 1 amide bonds. The van der Waals surface area contributed by atoms with Crippen LogP contribution in [0.15, 0.2) is 30.5 Å². The van der Waals surface area contributed by atoms with Gasteiger partial charge in [0.1, 0.15) is 23.3 Å². The van der Waals surface area contributed by atoms with Gasteiger partial charge in [0.2, 0.25) is 0 Å². The first kappa shape index (κ1) is 22.0. The van der Waals surface area contributed by atoms with Crippen LogP contribution in [0.4, 0.5) is 13.2 Å². The fourth-order valence-corrected chi connectivity index (χ4v) is 3.61. The van der Waals surface area contributed by atoms with Gasteiger partial charge in [0.05, 0.1) is 13.2 Å². The van der Waals surface area contributed by atoms with Crippen molar-refractivity contribution in [1.29, 1.82) is 5.26 Å². The molecule has 2 aliphatic heterocycles. The fraction of sp³-hybridized carbons (Fsp3) is 0.429. The molecule has 0 atom stereocenters. The Hall–Kier alpha value is -3.23. The number of halogens is 3. The Morgan fingerprint density at radius 3 is 2.44 bits per heavy atom. The van der Waals surface area contributed by atoms with Gasteiger partial charge in [-0.2, -0.15) is 23.4 Å². The third-order valence-corrected chi connectivity index (χ3v) is 5.53. The third kappa shape index (κ3) is 4.37. The van der Waals surface area contributed by atoms with Crippen LogP contribution < -0.4 is 4.74 Å². The Bertz CT molecular complexity index is 1040. The normalized spacial score (nSPS) is 18.5. The van der Waals surface area contributed by atoms with Gasteiger partial charge in [-0.3, -0.25) is 4.79 Å². The van der Waals surface area contributed by atoms with Crippen molar-refractivity contribution < 1.29 is 32.5 Å². The lowest BCUT2D eigenvalue weighted by Crippen LogP contribution is -2.46. The smallest absolute Gasteiger partial charge is 0.420 e. The zero-order valence-corrected chi connectivity index (χ0v) is 16.8. The Balaban J connectivity index is 1.34. The number of nitriles is 1. The van der Waals surface area contributed by atoms with Gasteiger partial charge in [0.15, 0.2) is 5.69 Å². The van der Waals surface area contributed by atoms with E-state index >= 15 is 0 Å². The summed E-state index contributed by atoms with van der Waals surface area (Å²) in [4.78, 5) is 21.6. The molecule has 2 aliphatic rings. The molecule has 2 aromatic rings. The number of hydrogen-bond acceptors (Lipinski definition) is 7. The Kier molecular flexibility index (Phi) is 5.75. The number of likely N-dealkylation sites (tertiary alicyclic amines) is 1. The van der Waals surface area contributed by atoms with E-state index in [2.05, 4.69) is 9.97 Å². The van der Waals surface area contributed by atoms with E-state index in [1.807, 2.05) is 0 Å². The van der Waals surface area contributed by atoms with E-state index in [4.69, 9.17) is 14.7 Å². The Morgan fingerprint density at radius 1 is 1.25 bits per heavy atom. The van der Waals surface area contributed by atoms with Crippen molar-refractivity contribution in [3.63, 3.8) is 0 Å². The third-order valence-electron chi connectivity index (χ3n) is 5.53. The van der Waals surface area contributed by atoms with Crippen LogP contribution in [0, 0.1) is 11.3 Å². The highest BCUT2D eigenvalue weighted by Gasteiger charge is 2.38. The minimum Gasteiger partial charge on any atom is -0.460 e. The lowest BCUT2D eigenvalue weighted by atomic mass is 9.91. The summed E-state index contributed by atoms with van der Waals surface area (Å²) in [6, 6.07) is 7.86. The first-order valence-electron chi connectivity index (χ1n) is 9.90. The summed E-state index contributed by atoms with van der Waals surface area (Å²) >= 11 is 0. The largest absolute Gasteiger partial charge is 0.460 e. The lowest BCUT2D eigenvalue weighted by Gasteiger charge is -2.36. The number of carbonyl (C=O) groups is 1. The number of amides is 1. The summed E-state index contributed by atoms with van der Waals surface area (Å²) < 4.78 is 49.2. The van der Waals surface area contributed by atoms with Crippen molar-refractivity contribution >= 4 is 5.91 Å². The molecule has 0 bridgehead atoms. The number of alkyl halides is 3. The number of rotatable bonds is 4. The van der Waals surface area contributed by atoms with Crippen molar-refractivity contribution in [2.75, 3.05) is 26.3 Å². The van der Waals surface area contributed by atoms with E-state index in [1.165, 1.54) is 6.07 Å². The minimum atomic E-state index is -4.73. The van der Waals surface area contributed by atoms with E-state index in [-0.39, 0.29) is 25.1 Å². The van der Waals surface area contributed by atoms with Crippen LogP contribution in [0.2, 0.25) is 0 Å². The molecule has 0 unspecified atom stereocenters. The fourth-order valence-electron chi connectivity index (χ4n) is 3.61. The maximum absolute atomic E-state index is 12.9. The van der Waals surface area contributed by atoms with Gasteiger partial charge in [-0.15, -0.1) is 0 Å². The zero-order valence-electron chi connectivity index (χ0n) is 16.8. The molecule has 0 spiro atoms. The van der Waals surface area contributed by atoms with Crippen LogP contribution in [-0.4, -0.2) is 58.3 Å².